The number of benzene rings is 4. The Hall–Kier alpha value is -4.37. The van der Waals surface area contributed by atoms with Crippen LogP contribution in [0.5, 0.6) is 0 Å². The van der Waals surface area contributed by atoms with Gasteiger partial charge in [-0.2, -0.15) is 0 Å². The van der Waals surface area contributed by atoms with Crippen LogP contribution in [0.1, 0.15) is 101 Å². The van der Waals surface area contributed by atoms with Gasteiger partial charge in [-0.25, -0.2) is 0 Å². The van der Waals surface area contributed by atoms with Crippen LogP contribution in [-0.4, -0.2) is 9.97 Å². The summed E-state index contributed by atoms with van der Waals surface area (Å²) in [6.45, 7) is 5.01. The van der Waals surface area contributed by atoms with Crippen molar-refractivity contribution in [1.29, 1.82) is 0 Å². The van der Waals surface area contributed by atoms with Crippen LogP contribution >= 0.6 is 0 Å². The van der Waals surface area contributed by atoms with Gasteiger partial charge in [0.15, 0.2) is 0 Å². The van der Waals surface area contributed by atoms with E-state index in [1.165, 1.54) is 6.20 Å². The van der Waals surface area contributed by atoms with Gasteiger partial charge < -0.3 is 14.4 Å². The van der Waals surface area contributed by atoms with E-state index in [0.29, 0.717) is 52.0 Å². The van der Waals surface area contributed by atoms with Crippen molar-refractivity contribution in [2.45, 2.75) is 86.3 Å². The number of rotatable bonds is 5. The third-order valence-corrected chi connectivity index (χ3v) is 9.69. The van der Waals surface area contributed by atoms with Gasteiger partial charge in [-0.15, -0.1) is 54.1 Å². The van der Waals surface area contributed by atoms with Crippen LogP contribution in [0.15, 0.2) is 114 Å². The van der Waals surface area contributed by atoms with Crippen molar-refractivity contribution in [3.63, 3.8) is 0 Å². The van der Waals surface area contributed by atoms with Gasteiger partial charge in [-0.1, -0.05) is 100 Å². The van der Waals surface area contributed by atoms with Gasteiger partial charge in [0, 0.05) is 50.2 Å². The van der Waals surface area contributed by atoms with Crippen LogP contribution in [0.4, 0.5) is 0 Å². The molecule has 1 saturated carbocycles. The standard InChI is InChI=1S/C33H32NO.C16H18N.Ir/c1-21-18-24(23-14-16-33(3,4)17-15-23)12-13-25(21)29-19-30(34-20-22(29)2)28-10-7-9-27-26-8-5-6-11-31(26)35-32(27)28;1-16(2,3)11-13-9-10-15(17-12-13)14-7-5-4-6-8-14;/h5-9,11-13,18-20,23H,14-17H2,1-4H3;4-7,9-10,12H,11H2,1-3H3;/q2*-1;/i1D3,2D3,23D;11D2;. The van der Waals surface area contributed by atoms with E-state index in [-0.39, 0.29) is 42.2 Å². The molecule has 3 aromatic heterocycles. The first-order chi connectivity index (χ1) is 28.5. The zero-order valence-electron chi connectivity index (χ0n) is 39.9. The number of nitrogens with zero attached hydrogens (tertiary/aromatic N) is 2. The van der Waals surface area contributed by atoms with E-state index in [0.717, 1.165) is 34.9 Å². The average molecular weight is 884 g/mol. The Labute approximate surface area is 342 Å². The largest absolute Gasteiger partial charge is 0.501 e. The maximum Gasteiger partial charge on any atom is 0.120 e. The minimum atomic E-state index is -2.54. The number of pyridine rings is 2. The Balaban J connectivity index is 0.000000269. The Kier molecular flexibility index (Phi) is 8.45. The molecule has 0 saturated heterocycles. The van der Waals surface area contributed by atoms with E-state index in [4.69, 9.17) is 15.4 Å². The first kappa shape index (κ1) is 28.1. The molecule has 7 aromatic rings. The Morgan fingerprint density at radius 1 is 0.811 bits per heavy atom. The zero-order chi connectivity index (χ0) is 44.2. The van der Waals surface area contributed by atoms with Crippen LogP contribution in [0.3, 0.4) is 0 Å². The number of hydrogen-bond donors (Lipinski definition) is 0. The molecule has 0 bridgehead atoms. The normalized spacial score (nSPS) is 18.2. The van der Waals surface area contributed by atoms with Gasteiger partial charge in [-0.05, 0) is 113 Å². The summed E-state index contributed by atoms with van der Waals surface area (Å²) >= 11 is 0. The zero-order valence-corrected chi connectivity index (χ0v) is 33.3. The molecule has 4 aromatic carbocycles. The molecule has 8 rings (SSSR count). The summed E-state index contributed by atoms with van der Waals surface area (Å²) in [5, 5.41) is 1.82. The summed E-state index contributed by atoms with van der Waals surface area (Å²) in [4.78, 5) is 8.86. The van der Waals surface area contributed by atoms with Crippen LogP contribution in [-0.2, 0) is 26.5 Å². The van der Waals surface area contributed by atoms with Gasteiger partial charge in [0.2, 0.25) is 0 Å². The molecule has 1 fully saturated rings. The van der Waals surface area contributed by atoms with E-state index in [2.05, 4.69) is 35.9 Å². The fourth-order valence-corrected chi connectivity index (χ4v) is 6.82. The average Bonchev–Trinajstić information content (AvgIpc) is 3.60. The van der Waals surface area contributed by atoms with Gasteiger partial charge >= 0.3 is 0 Å². The molecule has 273 valence electrons. The van der Waals surface area contributed by atoms with E-state index in [9.17, 15) is 1.37 Å². The number of furan rings is 1. The van der Waals surface area contributed by atoms with Crippen molar-refractivity contribution in [1.82, 2.24) is 9.97 Å². The van der Waals surface area contributed by atoms with Crippen molar-refractivity contribution < 1.29 is 36.9 Å². The number of hydrogen-bond acceptors (Lipinski definition) is 3. The quantitative estimate of drug-likeness (QED) is 0.162. The first-order valence-electron chi connectivity index (χ1n) is 22.4. The first-order valence-corrected chi connectivity index (χ1v) is 17.9. The predicted molar refractivity (Wildman–Crippen MR) is 217 cm³/mol. The minimum absolute atomic E-state index is 0. The second-order valence-electron chi connectivity index (χ2n) is 15.4. The Morgan fingerprint density at radius 3 is 2.30 bits per heavy atom. The molecular formula is C49H50IrN2O-2. The van der Waals surface area contributed by atoms with Crippen molar-refractivity contribution in [2.75, 3.05) is 0 Å². The summed E-state index contributed by atoms with van der Waals surface area (Å²) in [6, 6.07) is 35.7. The SMILES string of the molecule is [2H]C([2H])([2H])c1cnc(-c2[c-]ccc3c2oc2ccccc23)cc1-c1ccc(C2([2H])CCC(C)(C)CC2)cc1C([2H])([2H])[2H].[2H]C([2H])(c1ccc(-c2[c-]cccc2)nc1)C(C)(C)C.[Ir]. The van der Waals surface area contributed by atoms with Gasteiger partial charge in [0.1, 0.15) is 5.58 Å². The molecule has 4 heteroatoms. The van der Waals surface area contributed by atoms with Gasteiger partial charge in [-0.3, -0.25) is 0 Å². The Morgan fingerprint density at radius 2 is 1.58 bits per heavy atom. The summed E-state index contributed by atoms with van der Waals surface area (Å²) < 4.78 is 81.8. The predicted octanol–water partition coefficient (Wildman–Crippen LogP) is 13.6. The molecule has 53 heavy (non-hydrogen) atoms. The van der Waals surface area contributed by atoms with E-state index < -0.39 is 31.4 Å². The molecule has 0 atom stereocenters. The Bertz CT molecular complexity index is 2670. The van der Waals surface area contributed by atoms with Crippen LogP contribution in [0, 0.1) is 36.7 Å². The molecule has 0 unspecified atom stereocenters. The summed E-state index contributed by atoms with van der Waals surface area (Å²) in [6.07, 6.45) is 4.55. The fourth-order valence-electron chi connectivity index (χ4n) is 6.82. The third-order valence-electron chi connectivity index (χ3n) is 9.69. The maximum absolute atomic E-state index is 9.23. The molecule has 1 aliphatic carbocycles. The molecule has 3 nitrogen and oxygen atoms in total. The smallest absolute Gasteiger partial charge is 0.120 e. The van der Waals surface area contributed by atoms with E-state index >= 15 is 0 Å². The van der Waals surface area contributed by atoms with E-state index in [1.54, 1.807) is 36.5 Å². The number of fused-ring (bicyclic) bond motifs is 3. The summed E-state index contributed by atoms with van der Waals surface area (Å²) in [5.41, 5.74) is 5.51. The third kappa shape index (κ3) is 8.89. The van der Waals surface area contributed by atoms with Gasteiger partial charge in [0.25, 0.3) is 0 Å². The fraction of sp³-hybridized carbons (Fsp3) is 0.306. The molecule has 1 radical (unpaired) electrons. The molecule has 3 heterocycles. The number of aromatic nitrogens is 2. The monoisotopic (exact) mass is 884 g/mol. The molecule has 0 aliphatic heterocycles. The summed E-state index contributed by atoms with van der Waals surface area (Å²) in [7, 11) is 0. The topological polar surface area (TPSA) is 38.9 Å². The van der Waals surface area contributed by atoms with Crippen molar-refractivity contribution in [3.05, 3.63) is 144 Å². The second kappa shape index (κ2) is 15.9. The van der Waals surface area contributed by atoms with Crippen molar-refractivity contribution in [2.24, 2.45) is 10.8 Å². The second-order valence-corrected chi connectivity index (χ2v) is 15.4. The molecular weight excluding hydrogens is 825 g/mol. The van der Waals surface area contributed by atoms with E-state index in [1.807, 2.05) is 87.5 Å². The van der Waals surface area contributed by atoms with Gasteiger partial charge in [0.05, 0.1) is 5.58 Å². The number of aryl methyl sites for hydroxylation is 2. The van der Waals surface area contributed by atoms with Crippen molar-refractivity contribution in [3.8, 4) is 33.6 Å². The minimum Gasteiger partial charge on any atom is -0.501 e. The van der Waals surface area contributed by atoms with Crippen LogP contribution < -0.4 is 0 Å². The molecule has 0 N–H and O–H groups in total. The van der Waals surface area contributed by atoms with Crippen LogP contribution in [0.25, 0.3) is 55.6 Å². The van der Waals surface area contributed by atoms with Crippen molar-refractivity contribution >= 4 is 21.9 Å². The summed E-state index contributed by atoms with van der Waals surface area (Å²) in [5.74, 6) is -0.893. The molecule has 0 amide bonds. The van der Waals surface area contributed by atoms with Crippen LogP contribution in [0.2, 0.25) is 0 Å². The number of para-hydroxylation sites is 1. The molecule has 0 spiro atoms. The molecule has 1 aliphatic rings. The maximum atomic E-state index is 9.23.